The van der Waals surface area contributed by atoms with Crippen molar-refractivity contribution in [2.24, 2.45) is 53.3 Å². The number of aliphatic hydroxyl groups is 1. The number of esters is 6. The summed E-state index contributed by atoms with van der Waals surface area (Å²) in [5.74, 6) is -15.6. The highest BCUT2D eigenvalue weighted by Crippen LogP contribution is 2.21. The van der Waals surface area contributed by atoms with E-state index in [1.54, 1.807) is 132 Å². The van der Waals surface area contributed by atoms with Crippen molar-refractivity contribution in [3.63, 3.8) is 0 Å². The molecule has 0 aromatic carbocycles. The molecule has 0 aromatic heterocycles. The van der Waals surface area contributed by atoms with Crippen LogP contribution in [0.1, 0.15) is 185 Å². The van der Waals surface area contributed by atoms with Crippen LogP contribution >= 0.6 is 0 Å². The fourth-order valence-corrected chi connectivity index (χ4v) is 8.02. The third-order valence-electron chi connectivity index (χ3n) is 14.0. The lowest BCUT2D eigenvalue weighted by molar-refractivity contribution is -0.167. The number of rotatable bonds is 35. The van der Waals surface area contributed by atoms with E-state index >= 15 is 0 Å². The summed E-state index contributed by atoms with van der Waals surface area (Å²) in [4.78, 5) is 163. The van der Waals surface area contributed by atoms with Crippen molar-refractivity contribution in [2.45, 2.75) is 264 Å². The van der Waals surface area contributed by atoms with Gasteiger partial charge >= 0.3 is 35.8 Å². The van der Waals surface area contributed by atoms with Gasteiger partial charge in [0.05, 0.1) is 0 Å². The van der Waals surface area contributed by atoms with Crippen LogP contribution in [0.2, 0.25) is 0 Å². The van der Waals surface area contributed by atoms with Crippen LogP contribution < -0.4 is 31.9 Å². The molecule has 0 saturated carbocycles. The first kappa shape index (κ1) is 79.6. The zero-order valence-corrected chi connectivity index (χ0v) is 55.5. The molecule has 0 fully saturated rings. The van der Waals surface area contributed by atoms with E-state index in [0.717, 1.165) is 0 Å². The fourth-order valence-electron chi connectivity index (χ4n) is 8.02. The zero-order chi connectivity index (χ0) is 67.2. The van der Waals surface area contributed by atoms with Gasteiger partial charge in [-0.1, -0.05) is 125 Å². The van der Waals surface area contributed by atoms with Gasteiger partial charge in [-0.2, -0.15) is 0 Å². The Morgan fingerprint density at radius 2 is 0.605 bits per heavy atom. The average molecular weight is 1230 g/mol. The van der Waals surface area contributed by atoms with Crippen LogP contribution in [0, 0.1) is 53.3 Å². The summed E-state index contributed by atoms with van der Waals surface area (Å²) in [7, 11) is 0. The molecule has 0 radical (unpaired) electrons. The van der Waals surface area contributed by atoms with Crippen molar-refractivity contribution < 1.29 is 91.1 Å². The molecule has 0 aliphatic carbocycles. The van der Waals surface area contributed by atoms with Gasteiger partial charge < -0.3 is 65.4 Å². The molecule has 6 amide bonds. The molecule has 494 valence electrons. The summed E-state index contributed by atoms with van der Waals surface area (Å²) in [6.45, 7) is 38.7. The Kier molecular flexibility index (Phi) is 33.9. The minimum Gasteiger partial charge on any atom is -0.458 e. The Balaban J connectivity index is 6.31. The van der Waals surface area contributed by atoms with E-state index in [4.69, 9.17) is 28.4 Å². The quantitative estimate of drug-likeness (QED) is 0.0344. The molecular formula is C61H106N6O19. The van der Waals surface area contributed by atoms with Gasteiger partial charge in [-0.3, -0.25) is 28.8 Å². The van der Waals surface area contributed by atoms with Gasteiger partial charge in [0.1, 0.15) is 48.0 Å². The number of nitrogens with one attached hydrogen (secondary N) is 6. The van der Waals surface area contributed by atoms with Crippen LogP contribution in [0.3, 0.4) is 0 Å². The molecule has 7 N–H and O–H groups in total. The monoisotopic (exact) mass is 1230 g/mol. The summed E-state index contributed by atoms with van der Waals surface area (Å²) in [6.07, 6.45) is -8.11. The maximum atomic E-state index is 14.1. The van der Waals surface area contributed by atoms with Crippen molar-refractivity contribution in [3.8, 4) is 0 Å². The van der Waals surface area contributed by atoms with Crippen LogP contribution in [0.4, 0.5) is 0 Å². The van der Waals surface area contributed by atoms with Crippen LogP contribution in [0.15, 0.2) is 0 Å². The van der Waals surface area contributed by atoms with Gasteiger partial charge in [0.15, 0.2) is 30.5 Å². The molecule has 0 aromatic rings. The smallest absolute Gasteiger partial charge is 0.329 e. The van der Waals surface area contributed by atoms with Crippen LogP contribution in [-0.2, 0) is 86.0 Å². The van der Waals surface area contributed by atoms with Crippen molar-refractivity contribution in [1.29, 1.82) is 0 Å². The predicted molar refractivity (Wildman–Crippen MR) is 317 cm³/mol. The number of hydrogen-bond acceptors (Lipinski definition) is 19. The van der Waals surface area contributed by atoms with E-state index < -0.39 is 191 Å². The molecule has 0 unspecified atom stereocenters. The molecule has 0 spiro atoms. The molecule has 0 rings (SSSR count). The Morgan fingerprint density at radius 3 is 0.872 bits per heavy atom. The standard InChI is InChI=1S/C61H106N6O19/c1-25-35(17)47(84-58(78)44(32(11)12)62-49(69)37(19)68)53(73)66-42(30(7)8)56(76)82-39(21)51(71)64-45(33(13)14)59(79)85-48(36(18)26-2)54(74)67-41(29(5)6)55(75)81-38(20)50(70)63-43(31(9)10)57(77)83-40(27-28(3)4)52(72)65-46(34(15)16)60(80)86-61(22,23)24/h28-48,68H,25-27H2,1-24H3,(H,62,69)(H,63,70)(H,64,71)(H,65,72)(H,66,73)(H,67,74)/t35-,36-,37-,38-,39-,40+,41+,42+,43-,44-,45-,46+,47+,48+/m0/s1. The lowest BCUT2D eigenvalue weighted by atomic mass is 9.98. The third-order valence-corrected chi connectivity index (χ3v) is 14.0. The van der Waals surface area contributed by atoms with E-state index in [-0.39, 0.29) is 18.3 Å². The summed E-state index contributed by atoms with van der Waals surface area (Å²) in [6, 6.07) is -7.79. The lowest BCUT2D eigenvalue weighted by Crippen LogP contribution is -2.55. The summed E-state index contributed by atoms with van der Waals surface area (Å²) in [5, 5.41) is 25.0. The number of carbonyl (C=O) groups excluding carboxylic acids is 12. The first-order valence-corrected chi connectivity index (χ1v) is 30.2. The topological polar surface area (TPSA) is 353 Å². The van der Waals surface area contributed by atoms with Gasteiger partial charge in [-0.25, -0.2) is 28.8 Å². The fraction of sp³-hybridized carbons (Fsp3) is 0.803. The number of ether oxygens (including phenoxy) is 6. The first-order chi connectivity index (χ1) is 39.4. The highest BCUT2D eigenvalue weighted by molar-refractivity contribution is 5.95. The highest BCUT2D eigenvalue weighted by atomic mass is 16.6. The normalized spacial score (nSPS) is 16.7. The van der Waals surface area contributed by atoms with Crippen molar-refractivity contribution in [1.82, 2.24) is 31.9 Å². The second-order valence-electron chi connectivity index (χ2n) is 25.8. The number of carbonyl (C=O) groups is 12. The van der Waals surface area contributed by atoms with E-state index in [0.29, 0.717) is 12.8 Å². The molecule has 0 saturated heterocycles. The maximum absolute atomic E-state index is 14.1. The van der Waals surface area contributed by atoms with Crippen molar-refractivity contribution in [2.75, 3.05) is 0 Å². The zero-order valence-electron chi connectivity index (χ0n) is 55.5. The SMILES string of the molecule is CC[C@H](C)[C@@H](OC(=O)[C@@H](NC(=O)[C@H](C)O)C(C)C)C(=O)N[C@@H](C(=O)O[C@@H](C)C(=O)N[C@H](C(=O)O[C@@H](C(=O)N[C@@H](C(=O)O[C@@H](C)C(=O)N[C@H](C(=O)O[C@H](CC(C)C)C(=O)N[C@@H](C(=O)OC(C)(C)C)C(C)C)C(C)C)C(C)C)[C@@H](C)CC)C(C)C)C(C)C. The largest absolute Gasteiger partial charge is 0.458 e. The molecule has 0 bridgehead atoms. The molecule has 14 atom stereocenters. The molecule has 0 heterocycles. The maximum Gasteiger partial charge on any atom is 0.329 e. The summed E-state index contributed by atoms with van der Waals surface area (Å²) >= 11 is 0. The summed E-state index contributed by atoms with van der Waals surface area (Å²) < 4.78 is 33.7. The second kappa shape index (κ2) is 36.7. The number of aliphatic hydroxyl groups excluding tert-OH is 1. The van der Waals surface area contributed by atoms with Crippen LogP contribution in [0.5, 0.6) is 0 Å². The Labute approximate surface area is 509 Å². The lowest BCUT2D eigenvalue weighted by Gasteiger charge is -2.30. The summed E-state index contributed by atoms with van der Waals surface area (Å²) in [5.41, 5.74) is -0.836. The number of amides is 6. The van der Waals surface area contributed by atoms with Crippen LogP contribution in [-0.4, -0.2) is 155 Å². The number of hydrogen-bond donors (Lipinski definition) is 7. The molecule has 25 heteroatoms. The predicted octanol–water partition coefficient (Wildman–Crippen LogP) is 4.29. The molecular weight excluding hydrogens is 1120 g/mol. The second-order valence-corrected chi connectivity index (χ2v) is 25.8. The molecule has 0 aliphatic heterocycles. The van der Waals surface area contributed by atoms with E-state index in [1.165, 1.54) is 20.8 Å². The van der Waals surface area contributed by atoms with E-state index in [2.05, 4.69) is 31.9 Å². The molecule has 86 heavy (non-hydrogen) atoms. The van der Waals surface area contributed by atoms with Crippen molar-refractivity contribution in [3.05, 3.63) is 0 Å². The van der Waals surface area contributed by atoms with Crippen LogP contribution in [0.25, 0.3) is 0 Å². The average Bonchev–Trinajstić information content (AvgIpc) is 2.99. The Hall–Kier alpha value is -6.40. The van der Waals surface area contributed by atoms with Gasteiger partial charge in [0.2, 0.25) is 5.91 Å². The molecule has 25 nitrogen and oxygen atoms in total. The molecule has 0 aliphatic rings. The van der Waals surface area contributed by atoms with Gasteiger partial charge in [0.25, 0.3) is 29.5 Å². The third kappa shape index (κ3) is 26.7. The Morgan fingerprint density at radius 1 is 0.349 bits per heavy atom. The van der Waals surface area contributed by atoms with Gasteiger partial charge in [-0.05, 0) is 102 Å². The first-order valence-electron chi connectivity index (χ1n) is 30.2. The minimum atomic E-state index is -1.56. The van der Waals surface area contributed by atoms with Crippen molar-refractivity contribution >= 4 is 71.3 Å². The van der Waals surface area contributed by atoms with Gasteiger partial charge in [-0.15, -0.1) is 0 Å². The minimum absolute atomic E-state index is 0.0737. The Bertz CT molecular complexity index is 2290. The van der Waals surface area contributed by atoms with E-state index in [9.17, 15) is 62.6 Å². The highest BCUT2D eigenvalue weighted by Gasteiger charge is 2.42. The van der Waals surface area contributed by atoms with Gasteiger partial charge in [0, 0.05) is 11.8 Å². The van der Waals surface area contributed by atoms with E-state index in [1.807, 2.05) is 13.8 Å².